The highest BCUT2D eigenvalue weighted by molar-refractivity contribution is 7.99. The highest BCUT2D eigenvalue weighted by atomic mass is 32.2. The van der Waals surface area contributed by atoms with Gasteiger partial charge in [0.15, 0.2) is 0 Å². The molecule has 146 valence electrons. The van der Waals surface area contributed by atoms with Gasteiger partial charge in [-0.2, -0.15) is 0 Å². The summed E-state index contributed by atoms with van der Waals surface area (Å²) in [4.78, 5) is 16.8. The van der Waals surface area contributed by atoms with Gasteiger partial charge in [-0.1, -0.05) is 57.2 Å². The first-order valence-corrected chi connectivity index (χ1v) is 10.8. The number of carbonyl (C=O) groups excluding carboxylic acids is 1. The largest absolute Gasteiger partial charge is 0.465 e. The molecule has 0 saturated carbocycles. The van der Waals surface area contributed by atoms with E-state index in [1.54, 1.807) is 11.8 Å². The van der Waals surface area contributed by atoms with Gasteiger partial charge in [0, 0.05) is 11.1 Å². The Balaban J connectivity index is 2.10. The van der Waals surface area contributed by atoms with Crippen LogP contribution in [0.2, 0.25) is 0 Å². The minimum Gasteiger partial charge on any atom is -0.465 e. The Labute approximate surface area is 171 Å². The van der Waals surface area contributed by atoms with Crippen molar-refractivity contribution in [2.24, 2.45) is 0 Å². The zero-order valence-corrected chi connectivity index (χ0v) is 17.8. The van der Waals surface area contributed by atoms with Crippen LogP contribution in [0.25, 0.3) is 10.8 Å². The minimum absolute atomic E-state index is 0.306. The first-order chi connectivity index (χ1) is 13.6. The number of pyridine rings is 1. The molecular formula is C24H27NO2S. The molecule has 0 amide bonds. The quantitative estimate of drug-likeness (QED) is 0.352. The molecular weight excluding hydrogens is 366 g/mol. The van der Waals surface area contributed by atoms with Crippen LogP contribution >= 0.6 is 11.8 Å². The average Bonchev–Trinajstić information content (AvgIpc) is 2.74. The predicted molar refractivity (Wildman–Crippen MR) is 117 cm³/mol. The molecule has 3 rings (SSSR count). The molecule has 0 aliphatic heterocycles. The first-order valence-electron chi connectivity index (χ1n) is 9.80. The van der Waals surface area contributed by atoms with E-state index in [-0.39, 0.29) is 5.97 Å². The van der Waals surface area contributed by atoms with Crippen LogP contribution in [-0.2, 0) is 11.2 Å². The monoisotopic (exact) mass is 393 g/mol. The highest BCUT2D eigenvalue weighted by Crippen LogP contribution is 2.35. The van der Waals surface area contributed by atoms with E-state index in [0.717, 1.165) is 23.6 Å². The maximum atomic E-state index is 11.7. The lowest BCUT2D eigenvalue weighted by Crippen LogP contribution is -2.06. The Kier molecular flexibility index (Phi) is 6.74. The Bertz CT molecular complexity index is 966. The molecule has 2 aromatic carbocycles. The van der Waals surface area contributed by atoms with Crippen LogP contribution in [0.15, 0.2) is 53.6 Å². The molecule has 0 N–H and O–H groups in total. The van der Waals surface area contributed by atoms with Gasteiger partial charge >= 0.3 is 5.97 Å². The number of nitrogens with zero attached hydrogens (tertiary/aromatic N) is 1. The Morgan fingerprint density at radius 1 is 1.07 bits per heavy atom. The standard InChI is InChI=1S/C24H27NO2S/c1-5-16(3)22-21(15-17-11-13-18(14-12-17)24(26)27-4)19-9-7-8-10-20(19)23(25-22)28-6-2/h7-14,16H,5-6,15H2,1-4H3. The Morgan fingerprint density at radius 2 is 1.75 bits per heavy atom. The third-order valence-electron chi connectivity index (χ3n) is 5.13. The Morgan fingerprint density at radius 3 is 2.36 bits per heavy atom. The molecule has 0 bridgehead atoms. The second-order valence-corrected chi connectivity index (χ2v) is 8.19. The van der Waals surface area contributed by atoms with Gasteiger partial charge in [-0.15, -0.1) is 11.8 Å². The number of benzene rings is 2. The highest BCUT2D eigenvalue weighted by Gasteiger charge is 2.18. The number of hydrogen-bond donors (Lipinski definition) is 0. The second-order valence-electron chi connectivity index (χ2n) is 6.93. The number of ether oxygens (including phenoxy) is 1. The lowest BCUT2D eigenvalue weighted by molar-refractivity contribution is 0.0600. The van der Waals surface area contributed by atoms with Crippen LogP contribution in [0, 0.1) is 0 Å². The fraction of sp³-hybridized carbons (Fsp3) is 0.333. The predicted octanol–water partition coefficient (Wildman–Crippen LogP) is 6.24. The van der Waals surface area contributed by atoms with Gasteiger partial charge in [0.05, 0.1) is 12.7 Å². The van der Waals surface area contributed by atoms with Gasteiger partial charge in [0.1, 0.15) is 5.03 Å². The van der Waals surface area contributed by atoms with Crippen LogP contribution in [0.4, 0.5) is 0 Å². The molecule has 1 aromatic heterocycles. The zero-order chi connectivity index (χ0) is 20.1. The number of carbonyl (C=O) groups is 1. The van der Waals surface area contributed by atoms with Gasteiger partial charge in [-0.05, 0) is 53.2 Å². The smallest absolute Gasteiger partial charge is 0.337 e. The lowest BCUT2D eigenvalue weighted by Gasteiger charge is -2.19. The molecule has 1 heterocycles. The second kappa shape index (κ2) is 9.24. The van der Waals surface area contributed by atoms with E-state index in [9.17, 15) is 4.79 Å². The number of esters is 1. The van der Waals surface area contributed by atoms with Crippen molar-refractivity contribution in [2.75, 3.05) is 12.9 Å². The molecule has 0 radical (unpaired) electrons. The Hall–Kier alpha value is -2.33. The molecule has 1 unspecified atom stereocenters. The van der Waals surface area contributed by atoms with Gasteiger partial charge < -0.3 is 4.74 Å². The van der Waals surface area contributed by atoms with E-state index in [1.165, 1.54) is 34.7 Å². The number of aromatic nitrogens is 1. The van der Waals surface area contributed by atoms with E-state index < -0.39 is 0 Å². The maximum Gasteiger partial charge on any atom is 0.337 e. The summed E-state index contributed by atoms with van der Waals surface area (Å²) in [5.41, 5.74) is 4.22. The summed E-state index contributed by atoms with van der Waals surface area (Å²) in [6.07, 6.45) is 1.85. The molecule has 0 fully saturated rings. The van der Waals surface area contributed by atoms with Crippen molar-refractivity contribution < 1.29 is 9.53 Å². The van der Waals surface area contributed by atoms with Crippen LogP contribution in [0.1, 0.15) is 60.3 Å². The summed E-state index contributed by atoms with van der Waals surface area (Å²) >= 11 is 1.81. The number of rotatable bonds is 7. The fourth-order valence-corrected chi connectivity index (χ4v) is 4.19. The topological polar surface area (TPSA) is 39.2 Å². The van der Waals surface area contributed by atoms with Crippen molar-refractivity contribution in [3.8, 4) is 0 Å². The molecule has 0 aliphatic carbocycles. The van der Waals surface area contributed by atoms with Crippen molar-refractivity contribution >= 4 is 28.5 Å². The number of fused-ring (bicyclic) bond motifs is 1. The van der Waals surface area contributed by atoms with E-state index >= 15 is 0 Å². The summed E-state index contributed by atoms with van der Waals surface area (Å²) in [6, 6.07) is 16.3. The fourth-order valence-electron chi connectivity index (χ4n) is 3.42. The summed E-state index contributed by atoms with van der Waals surface area (Å²) < 4.78 is 4.80. The molecule has 1 atom stereocenters. The van der Waals surface area contributed by atoms with Crippen LogP contribution < -0.4 is 0 Å². The van der Waals surface area contributed by atoms with Crippen LogP contribution in [0.5, 0.6) is 0 Å². The SMILES string of the molecule is CCSc1nc(C(C)CC)c(Cc2ccc(C(=O)OC)cc2)c2ccccc12. The molecule has 0 saturated heterocycles. The van der Waals surface area contributed by atoms with E-state index in [1.807, 2.05) is 24.3 Å². The van der Waals surface area contributed by atoms with Crippen LogP contribution in [0.3, 0.4) is 0 Å². The van der Waals surface area contributed by atoms with Crippen molar-refractivity contribution in [2.45, 2.75) is 44.6 Å². The van der Waals surface area contributed by atoms with Crippen molar-refractivity contribution in [3.05, 3.63) is 70.9 Å². The van der Waals surface area contributed by atoms with E-state index in [4.69, 9.17) is 9.72 Å². The molecule has 3 aromatic rings. The number of methoxy groups -OCH3 is 1. The normalized spacial score (nSPS) is 12.1. The summed E-state index contributed by atoms with van der Waals surface area (Å²) in [5, 5.41) is 3.63. The zero-order valence-electron chi connectivity index (χ0n) is 17.0. The summed E-state index contributed by atoms with van der Waals surface area (Å²) in [7, 11) is 1.41. The third kappa shape index (κ3) is 4.22. The van der Waals surface area contributed by atoms with Crippen molar-refractivity contribution in [1.29, 1.82) is 0 Å². The van der Waals surface area contributed by atoms with Crippen molar-refractivity contribution in [3.63, 3.8) is 0 Å². The third-order valence-corrected chi connectivity index (χ3v) is 6.00. The molecule has 0 spiro atoms. The summed E-state index contributed by atoms with van der Waals surface area (Å²) in [5.74, 6) is 1.09. The van der Waals surface area contributed by atoms with Gasteiger partial charge in [-0.25, -0.2) is 9.78 Å². The van der Waals surface area contributed by atoms with Gasteiger partial charge in [0.25, 0.3) is 0 Å². The van der Waals surface area contributed by atoms with E-state index in [0.29, 0.717) is 11.5 Å². The number of thioether (sulfide) groups is 1. The maximum absolute atomic E-state index is 11.7. The lowest BCUT2D eigenvalue weighted by atomic mass is 9.91. The van der Waals surface area contributed by atoms with Gasteiger partial charge in [0.2, 0.25) is 0 Å². The molecule has 0 aliphatic rings. The first kappa shape index (κ1) is 20.4. The average molecular weight is 394 g/mol. The minimum atomic E-state index is -0.306. The number of hydrogen-bond acceptors (Lipinski definition) is 4. The molecule has 3 nitrogen and oxygen atoms in total. The van der Waals surface area contributed by atoms with E-state index in [2.05, 4.69) is 45.0 Å². The van der Waals surface area contributed by atoms with Crippen LogP contribution in [-0.4, -0.2) is 23.8 Å². The summed E-state index contributed by atoms with van der Waals surface area (Å²) in [6.45, 7) is 6.63. The van der Waals surface area contributed by atoms with Crippen molar-refractivity contribution in [1.82, 2.24) is 4.98 Å². The molecule has 4 heteroatoms. The molecule has 28 heavy (non-hydrogen) atoms. The van der Waals surface area contributed by atoms with Gasteiger partial charge in [-0.3, -0.25) is 0 Å².